The first-order chi connectivity index (χ1) is 15.0. The number of hydrogen-bond acceptors (Lipinski definition) is 3. The van der Waals surface area contributed by atoms with Gasteiger partial charge in [0.15, 0.2) is 0 Å². The van der Waals surface area contributed by atoms with Crippen LogP contribution in [0.3, 0.4) is 0 Å². The van der Waals surface area contributed by atoms with Gasteiger partial charge in [0.1, 0.15) is 0 Å². The van der Waals surface area contributed by atoms with E-state index in [0.29, 0.717) is 29.9 Å². The minimum atomic E-state index is -0.165. The second-order valence-corrected chi connectivity index (χ2v) is 7.90. The van der Waals surface area contributed by atoms with Crippen LogP contribution in [0.2, 0.25) is 0 Å². The van der Waals surface area contributed by atoms with Crippen LogP contribution in [0, 0.1) is 13.8 Å². The summed E-state index contributed by atoms with van der Waals surface area (Å²) in [7, 11) is 0. The van der Waals surface area contributed by atoms with Crippen molar-refractivity contribution >= 4 is 23.2 Å². The summed E-state index contributed by atoms with van der Waals surface area (Å²) in [5.41, 5.74) is 5.75. The lowest BCUT2D eigenvalue weighted by Crippen LogP contribution is -2.49. The van der Waals surface area contributed by atoms with Gasteiger partial charge in [0, 0.05) is 48.7 Å². The second-order valence-electron chi connectivity index (χ2n) is 7.90. The van der Waals surface area contributed by atoms with E-state index in [1.807, 2.05) is 23.1 Å². The van der Waals surface area contributed by atoms with Gasteiger partial charge in [0.25, 0.3) is 11.8 Å². The Morgan fingerprint density at radius 2 is 1.42 bits per heavy atom. The Hall–Kier alpha value is -3.60. The van der Waals surface area contributed by atoms with E-state index in [1.165, 1.54) is 16.8 Å². The average molecular weight is 414 g/mol. The van der Waals surface area contributed by atoms with Crippen LogP contribution in [0.15, 0.2) is 72.8 Å². The van der Waals surface area contributed by atoms with E-state index in [2.05, 4.69) is 42.3 Å². The molecule has 1 N–H and O–H groups in total. The maximum atomic E-state index is 12.9. The lowest BCUT2D eigenvalue weighted by Gasteiger charge is -2.37. The molecule has 0 unspecified atom stereocenters. The van der Waals surface area contributed by atoms with Gasteiger partial charge in [0.05, 0.1) is 0 Å². The molecule has 5 nitrogen and oxygen atoms in total. The SMILES string of the molecule is Cc1cccc(N2CCN(C(=O)c3ccc(NC(=O)c4ccccc4)cc3)CC2)c1C. The molecule has 4 rings (SSSR count). The number of benzene rings is 3. The number of piperazine rings is 1. The number of anilines is 2. The molecule has 31 heavy (non-hydrogen) atoms. The molecular formula is C26H27N3O2. The predicted molar refractivity (Wildman–Crippen MR) is 125 cm³/mol. The fourth-order valence-corrected chi connectivity index (χ4v) is 3.90. The summed E-state index contributed by atoms with van der Waals surface area (Å²) in [5.74, 6) is -0.135. The Balaban J connectivity index is 1.36. The van der Waals surface area contributed by atoms with Gasteiger partial charge in [-0.25, -0.2) is 0 Å². The van der Waals surface area contributed by atoms with Crippen molar-refractivity contribution in [1.82, 2.24) is 4.90 Å². The third kappa shape index (κ3) is 4.61. The number of nitrogens with zero attached hydrogens (tertiary/aromatic N) is 2. The van der Waals surface area contributed by atoms with Crippen molar-refractivity contribution in [2.75, 3.05) is 36.4 Å². The Labute approximate surface area is 183 Å². The van der Waals surface area contributed by atoms with E-state index in [-0.39, 0.29) is 11.8 Å². The molecule has 0 spiro atoms. The molecule has 3 aromatic carbocycles. The van der Waals surface area contributed by atoms with Gasteiger partial charge in [-0.3, -0.25) is 9.59 Å². The van der Waals surface area contributed by atoms with E-state index in [1.54, 1.807) is 36.4 Å². The fraction of sp³-hybridized carbons (Fsp3) is 0.231. The summed E-state index contributed by atoms with van der Waals surface area (Å²) in [4.78, 5) is 29.5. The molecule has 0 saturated carbocycles. The fourth-order valence-electron chi connectivity index (χ4n) is 3.90. The predicted octanol–water partition coefficient (Wildman–Crippen LogP) is 4.52. The summed E-state index contributed by atoms with van der Waals surface area (Å²) >= 11 is 0. The lowest BCUT2D eigenvalue weighted by molar-refractivity contribution is 0.0746. The Morgan fingerprint density at radius 3 is 2.10 bits per heavy atom. The molecular weight excluding hydrogens is 386 g/mol. The molecule has 1 saturated heterocycles. The van der Waals surface area contributed by atoms with Crippen molar-refractivity contribution in [3.63, 3.8) is 0 Å². The van der Waals surface area contributed by atoms with Gasteiger partial charge >= 0.3 is 0 Å². The Bertz CT molecular complexity index is 1070. The first-order valence-corrected chi connectivity index (χ1v) is 10.6. The van der Waals surface area contributed by atoms with Crippen molar-refractivity contribution in [1.29, 1.82) is 0 Å². The van der Waals surface area contributed by atoms with Crippen molar-refractivity contribution in [2.24, 2.45) is 0 Å². The topological polar surface area (TPSA) is 52.6 Å². The molecule has 158 valence electrons. The molecule has 0 aromatic heterocycles. The highest BCUT2D eigenvalue weighted by Gasteiger charge is 2.23. The number of aryl methyl sites for hydroxylation is 1. The maximum absolute atomic E-state index is 12.9. The normalized spacial score (nSPS) is 13.7. The van der Waals surface area contributed by atoms with Crippen molar-refractivity contribution in [2.45, 2.75) is 13.8 Å². The number of amides is 2. The van der Waals surface area contributed by atoms with E-state index < -0.39 is 0 Å². The number of rotatable bonds is 4. The summed E-state index contributed by atoms with van der Waals surface area (Å²) in [6.07, 6.45) is 0. The highest BCUT2D eigenvalue weighted by Crippen LogP contribution is 2.24. The minimum absolute atomic E-state index is 0.0292. The Morgan fingerprint density at radius 1 is 0.742 bits per heavy atom. The first kappa shape index (κ1) is 20.7. The molecule has 1 aliphatic rings. The summed E-state index contributed by atoms with van der Waals surface area (Å²) in [6, 6.07) is 22.6. The number of nitrogens with one attached hydrogen (secondary N) is 1. The molecule has 3 aromatic rings. The quantitative estimate of drug-likeness (QED) is 0.684. The number of carbonyl (C=O) groups is 2. The molecule has 2 amide bonds. The van der Waals surface area contributed by atoms with Crippen LogP contribution >= 0.6 is 0 Å². The van der Waals surface area contributed by atoms with E-state index >= 15 is 0 Å². The van der Waals surface area contributed by atoms with Crippen LogP contribution in [0.5, 0.6) is 0 Å². The molecule has 1 heterocycles. The van der Waals surface area contributed by atoms with Gasteiger partial charge in [-0.2, -0.15) is 0 Å². The highest BCUT2D eigenvalue weighted by molar-refractivity contribution is 6.04. The van der Waals surface area contributed by atoms with Crippen molar-refractivity contribution in [3.8, 4) is 0 Å². The smallest absolute Gasteiger partial charge is 0.255 e. The molecule has 0 radical (unpaired) electrons. The van der Waals surface area contributed by atoms with Crippen molar-refractivity contribution in [3.05, 3.63) is 95.1 Å². The van der Waals surface area contributed by atoms with Crippen LogP contribution < -0.4 is 10.2 Å². The molecule has 5 heteroatoms. The van der Waals surface area contributed by atoms with E-state index in [4.69, 9.17) is 0 Å². The minimum Gasteiger partial charge on any atom is -0.368 e. The number of hydrogen-bond donors (Lipinski definition) is 1. The van der Waals surface area contributed by atoms with Crippen LogP contribution in [-0.2, 0) is 0 Å². The molecule has 1 fully saturated rings. The summed E-state index contributed by atoms with van der Waals surface area (Å²) in [5, 5.41) is 2.87. The van der Waals surface area contributed by atoms with Crippen LogP contribution in [0.25, 0.3) is 0 Å². The van der Waals surface area contributed by atoms with Crippen LogP contribution in [0.4, 0.5) is 11.4 Å². The maximum Gasteiger partial charge on any atom is 0.255 e. The average Bonchev–Trinajstić information content (AvgIpc) is 2.81. The van der Waals surface area contributed by atoms with Gasteiger partial charge in [-0.05, 0) is 67.4 Å². The largest absolute Gasteiger partial charge is 0.368 e. The Kier molecular flexibility index (Phi) is 6.03. The van der Waals surface area contributed by atoms with E-state index in [9.17, 15) is 9.59 Å². The van der Waals surface area contributed by atoms with Gasteiger partial charge < -0.3 is 15.1 Å². The summed E-state index contributed by atoms with van der Waals surface area (Å²) < 4.78 is 0. The zero-order valence-corrected chi connectivity index (χ0v) is 18.0. The first-order valence-electron chi connectivity index (χ1n) is 10.6. The molecule has 0 aliphatic carbocycles. The lowest BCUT2D eigenvalue weighted by atomic mass is 10.1. The zero-order chi connectivity index (χ0) is 21.8. The van der Waals surface area contributed by atoms with E-state index in [0.717, 1.165) is 13.1 Å². The standard InChI is InChI=1S/C26H27N3O2/c1-19-7-6-10-24(20(19)2)28-15-17-29(18-16-28)26(31)22-11-13-23(14-12-22)27-25(30)21-8-4-3-5-9-21/h3-14H,15-18H2,1-2H3,(H,27,30). The second kappa shape index (κ2) is 9.04. The zero-order valence-electron chi connectivity index (χ0n) is 18.0. The van der Waals surface area contributed by atoms with Crippen molar-refractivity contribution < 1.29 is 9.59 Å². The van der Waals surface area contributed by atoms with Crippen LogP contribution in [-0.4, -0.2) is 42.9 Å². The third-order valence-electron chi connectivity index (χ3n) is 5.91. The number of carbonyl (C=O) groups excluding carboxylic acids is 2. The van der Waals surface area contributed by atoms with Crippen LogP contribution in [0.1, 0.15) is 31.8 Å². The monoisotopic (exact) mass is 413 g/mol. The highest BCUT2D eigenvalue weighted by atomic mass is 16.2. The molecule has 1 aliphatic heterocycles. The van der Waals surface area contributed by atoms with Gasteiger partial charge in [-0.15, -0.1) is 0 Å². The molecule has 0 atom stereocenters. The molecule has 0 bridgehead atoms. The summed E-state index contributed by atoms with van der Waals surface area (Å²) in [6.45, 7) is 7.31. The van der Waals surface area contributed by atoms with Gasteiger partial charge in [-0.1, -0.05) is 30.3 Å². The third-order valence-corrected chi connectivity index (χ3v) is 5.91. The van der Waals surface area contributed by atoms with Gasteiger partial charge in [0.2, 0.25) is 0 Å².